The number of para-hydroxylation sites is 1. The average Bonchev–Trinajstić information content (AvgIpc) is 2.60. The number of hydrogen-bond acceptors (Lipinski definition) is 4. The molecule has 0 atom stereocenters. The SMILES string of the molecule is CN(C)CCNCc1cccc2c1OCCCO2. The molecule has 0 radical (unpaired) electrons. The number of rotatable bonds is 5. The first kappa shape index (κ1) is 13.2. The van der Waals surface area contributed by atoms with Crippen LogP contribution in [-0.2, 0) is 6.54 Å². The molecular formula is C14H22N2O2. The first-order chi connectivity index (χ1) is 8.77. The van der Waals surface area contributed by atoms with Crippen LogP contribution >= 0.6 is 0 Å². The largest absolute Gasteiger partial charge is 0.490 e. The highest BCUT2D eigenvalue weighted by Crippen LogP contribution is 2.32. The van der Waals surface area contributed by atoms with E-state index in [2.05, 4.69) is 30.4 Å². The zero-order valence-corrected chi connectivity index (χ0v) is 11.2. The third-order valence-corrected chi connectivity index (χ3v) is 2.90. The minimum Gasteiger partial charge on any atom is -0.490 e. The number of nitrogens with one attached hydrogen (secondary N) is 1. The van der Waals surface area contributed by atoms with Crippen molar-refractivity contribution in [2.45, 2.75) is 13.0 Å². The topological polar surface area (TPSA) is 33.7 Å². The van der Waals surface area contributed by atoms with Crippen LogP contribution < -0.4 is 14.8 Å². The highest BCUT2D eigenvalue weighted by atomic mass is 16.5. The molecule has 0 saturated carbocycles. The second-order valence-electron chi connectivity index (χ2n) is 4.77. The number of hydrogen-bond donors (Lipinski definition) is 1. The number of nitrogens with zero attached hydrogens (tertiary/aromatic N) is 1. The van der Waals surface area contributed by atoms with E-state index in [1.54, 1.807) is 0 Å². The number of likely N-dealkylation sites (N-methyl/N-ethyl adjacent to an activating group) is 1. The van der Waals surface area contributed by atoms with Gasteiger partial charge in [0.15, 0.2) is 11.5 Å². The van der Waals surface area contributed by atoms with Gasteiger partial charge >= 0.3 is 0 Å². The van der Waals surface area contributed by atoms with Crippen molar-refractivity contribution in [2.75, 3.05) is 40.4 Å². The van der Waals surface area contributed by atoms with Crippen molar-refractivity contribution in [3.05, 3.63) is 23.8 Å². The molecule has 1 aliphatic rings. The first-order valence-corrected chi connectivity index (χ1v) is 6.50. The van der Waals surface area contributed by atoms with E-state index < -0.39 is 0 Å². The van der Waals surface area contributed by atoms with Gasteiger partial charge in [-0.15, -0.1) is 0 Å². The van der Waals surface area contributed by atoms with Crippen molar-refractivity contribution in [3.8, 4) is 11.5 Å². The van der Waals surface area contributed by atoms with Crippen LogP contribution in [0.3, 0.4) is 0 Å². The Morgan fingerprint density at radius 3 is 2.89 bits per heavy atom. The lowest BCUT2D eigenvalue weighted by Gasteiger charge is -2.14. The number of benzene rings is 1. The molecule has 0 fully saturated rings. The van der Waals surface area contributed by atoms with Crippen LogP contribution in [0.1, 0.15) is 12.0 Å². The molecule has 2 rings (SSSR count). The second kappa shape index (κ2) is 6.61. The summed E-state index contributed by atoms with van der Waals surface area (Å²) in [7, 11) is 4.15. The molecule has 1 aromatic carbocycles. The smallest absolute Gasteiger partial charge is 0.165 e. The van der Waals surface area contributed by atoms with E-state index in [1.807, 2.05) is 12.1 Å². The molecule has 18 heavy (non-hydrogen) atoms. The van der Waals surface area contributed by atoms with E-state index in [4.69, 9.17) is 9.47 Å². The Hall–Kier alpha value is -1.26. The van der Waals surface area contributed by atoms with E-state index in [1.165, 1.54) is 5.56 Å². The summed E-state index contributed by atoms with van der Waals surface area (Å²) in [5, 5.41) is 3.43. The van der Waals surface area contributed by atoms with E-state index in [0.717, 1.165) is 50.8 Å². The molecule has 0 saturated heterocycles. The zero-order chi connectivity index (χ0) is 12.8. The van der Waals surface area contributed by atoms with Gasteiger partial charge in [0.2, 0.25) is 0 Å². The van der Waals surface area contributed by atoms with E-state index in [9.17, 15) is 0 Å². The summed E-state index contributed by atoms with van der Waals surface area (Å²) in [6.07, 6.45) is 0.947. The van der Waals surface area contributed by atoms with Gasteiger partial charge in [-0.05, 0) is 20.2 Å². The monoisotopic (exact) mass is 250 g/mol. The molecule has 0 aliphatic carbocycles. The van der Waals surface area contributed by atoms with Gasteiger partial charge in [0.05, 0.1) is 13.2 Å². The fraction of sp³-hybridized carbons (Fsp3) is 0.571. The van der Waals surface area contributed by atoms with Gasteiger partial charge < -0.3 is 19.7 Å². The normalized spacial score (nSPS) is 14.6. The zero-order valence-electron chi connectivity index (χ0n) is 11.2. The summed E-state index contributed by atoms with van der Waals surface area (Å²) in [5.41, 5.74) is 1.17. The van der Waals surface area contributed by atoms with E-state index in [0.29, 0.717) is 0 Å². The van der Waals surface area contributed by atoms with Crippen LogP contribution in [0.2, 0.25) is 0 Å². The lowest BCUT2D eigenvalue weighted by atomic mass is 10.2. The molecule has 1 aliphatic heterocycles. The summed E-state index contributed by atoms with van der Waals surface area (Å²) < 4.78 is 11.5. The molecule has 0 amide bonds. The molecule has 0 aromatic heterocycles. The molecular weight excluding hydrogens is 228 g/mol. The molecule has 0 unspecified atom stereocenters. The number of ether oxygens (including phenoxy) is 2. The lowest BCUT2D eigenvalue weighted by molar-refractivity contribution is 0.296. The molecule has 0 spiro atoms. The summed E-state index contributed by atoms with van der Waals surface area (Å²) in [5.74, 6) is 1.78. The third kappa shape index (κ3) is 3.62. The van der Waals surface area contributed by atoms with Gasteiger partial charge in [-0.25, -0.2) is 0 Å². The molecule has 0 bridgehead atoms. The van der Waals surface area contributed by atoms with E-state index in [-0.39, 0.29) is 0 Å². The summed E-state index contributed by atoms with van der Waals surface area (Å²) >= 11 is 0. The molecule has 4 nitrogen and oxygen atoms in total. The molecule has 1 N–H and O–H groups in total. The van der Waals surface area contributed by atoms with Crippen LogP contribution in [0.15, 0.2) is 18.2 Å². The maximum atomic E-state index is 5.78. The minimum absolute atomic E-state index is 0.738. The van der Waals surface area contributed by atoms with Crippen molar-refractivity contribution in [2.24, 2.45) is 0 Å². The first-order valence-electron chi connectivity index (χ1n) is 6.50. The summed E-state index contributed by atoms with van der Waals surface area (Å²) in [6, 6.07) is 6.09. The maximum absolute atomic E-state index is 5.78. The Morgan fingerprint density at radius 2 is 2.06 bits per heavy atom. The van der Waals surface area contributed by atoms with Crippen LogP contribution in [0.4, 0.5) is 0 Å². The summed E-state index contributed by atoms with van der Waals surface area (Å²) in [4.78, 5) is 2.16. The van der Waals surface area contributed by atoms with Crippen LogP contribution in [0.5, 0.6) is 11.5 Å². The molecule has 1 aromatic rings. The molecule has 100 valence electrons. The van der Waals surface area contributed by atoms with E-state index >= 15 is 0 Å². The summed E-state index contributed by atoms with van der Waals surface area (Å²) in [6.45, 7) is 4.30. The maximum Gasteiger partial charge on any atom is 0.165 e. The highest BCUT2D eigenvalue weighted by Gasteiger charge is 2.13. The minimum atomic E-state index is 0.738. The number of fused-ring (bicyclic) bond motifs is 1. The fourth-order valence-corrected chi connectivity index (χ4v) is 1.92. The van der Waals surface area contributed by atoms with Crippen LogP contribution in [0, 0.1) is 0 Å². The third-order valence-electron chi connectivity index (χ3n) is 2.90. The van der Waals surface area contributed by atoms with Gasteiger partial charge in [0.1, 0.15) is 0 Å². The van der Waals surface area contributed by atoms with Crippen molar-refractivity contribution >= 4 is 0 Å². The van der Waals surface area contributed by atoms with Crippen molar-refractivity contribution in [3.63, 3.8) is 0 Å². The van der Waals surface area contributed by atoms with Gasteiger partial charge in [-0.2, -0.15) is 0 Å². The van der Waals surface area contributed by atoms with Gasteiger partial charge in [0.25, 0.3) is 0 Å². The lowest BCUT2D eigenvalue weighted by Crippen LogP contribution is -2.26. The van der Waals surface area contributed by atoms with Crippen LogP contribution in [0.25, 0.3) is 0 Å². The Labute approximate surface area is 109 Å². The predicted molar refractivity (Wildman–Crippen MR) is 72.3 cm³/mol. The second-order valence-corrected chi connectivity index (χ2v) is 4.77. The Bertz CT molecular complexity index is 380. The Kier molecular flexibility index (Phi) is 4.84. The molecule has 1 heterocycles. The Balaban J connectivity index is 1.95. The fourth-order valence-electron chi connectivity index (χ4n) is 1.92. The quantitative estimate of drug-likeness (QED) is 0.803. The van der Waals surface area contributed by atoms with Gasteiger partial charge in [-0.1, -0.05) is 12.1 Å². The van der Waals surface area contributed by atoms with Crippen LogP contribution in [-0.4, -0.2) is 45.3 Å². The van der Waals surface area contributed by atoms with Crippen molar-refractivity contribution in [1.29, 1.82) is 0 Å². The standard InChI is InChI=1S/C14H22N2O2/c1-16(2)8-7-15-11-12-5-3-6-13-14(12)18-10-4-9-17-13/h3,5-6,15H,4,7-11H2,1-2H3. The molecule has 4 heteroatoms. The average molecular weight is 250 g/mol. The van der Waals surface area contributed by atoms with Gasteiger partial charge in [-0.3, -0.25) is 0 Å². The Morgan fingerprint density at radius 1 is 1.22 bits per heavy atom. The predicted octanol–water partition coefficient (Wildman–Crippen LogP) is 1.50. The van der Waals surface area contributed by atoms with Gasteiger partial charge in [0, 0.05) is 31.6 Å². The van der Waals surface area contributed by atoms with Crippen molar-refractivity contribution < 1.29 is 9.47 Å². The highest BCUT2D eigenvalue weighted by molar-refractivity contribution is 5.46. The van der Waals surface area contributed by atoms with Crippen molar-refractivity contribution in [1.82, 2.24) is 10.2 Å².